The molecule has 0 aliphatic carbocycles. The van der Waals surface area contributed by atoms with Crippen molar-refractivity contribution in [1.82, 2.24) is 0 Å². The number of rotatable bonds is 4. The van der Waals surface area contributed by atoms with E-state index in [1.54, 1.807) is 0 Å². The molecule has 0 heterocycles. The summed E-state index contributed by atoms with van der Waals surface area (Å²) >= 11 is 0. The van der Waals surface area contributed by atoms with Gasteiger partial charge in [-0.15, -0.1) is 24.2 Å². The zero-order chi connectivity index (χ0) is 8.36. The van der Waals surface area contributed by atoms with Crippen LogP contribution in [0.15, 0.2) is 0 Å². The Morgan fingerprint density at radius 1 is 1.18 bits per heavy atom. The Hall–Kier alpha value is -1.21. The van der Waals surface area contributed by atoms with Gasteiger partial charge >= 0.3 is 0 Å². The third kappa shape index (κ3) is 8.79. The van der Waals surface area contributed by atoms with Gasteiger partial charge in [-0.25, -0.2) is 0 Å². The van der Waals surface area contributed by atoms with Crippen molar-refractivity contribution in [2.75, 3.05) is 0 Å². The average Bonchev–Trinajstić information content (AvgIpc) is 2.03. The molecule has 0 aliphatic heterocycles. The van der Waals surface area contributed by atoms with Crippen LogP contribution in [0, 0.1) is 24.2 Å². The lowest BCUT2D eigenvalue weighted by molar-refractivity contribution is -0.107. The SMILES string of the molecule is C#CCCCC#CCCC=O. The van der Waals surface area contributed by atoms with Crippen molar-refractivity contribution in [2.24, 2.45) is 0 Å². The fraction of sp³-hybridized carbons (Fsp3) is 0.500. The van der Waals surface area contributed by atoms with Crippen LogP contribution in [0.2, 0.25) is 0 Å². The molecule has 0 spiro atoms. The lowest BCUT2D eigenvalue weighted by atomic mass is 10.2. The Morgan fingerprint density at radius 3 is 2.55 bits per heavy atom. The van der Waals surface area contributed by atoms with E-state index in [9.17, 15) is 4.79 Å². The van der Waals surface area contributed by atoms with Crippen LogP contribution in [0.3, 0.4) is 0 Å². The van der Waals surface area contributed by atoms with Crippen molar-refractivity contribution in [2.45, 2.75) is 32.1 Å². The Bertz CT molecular complexity index is 187. The van der Waals surface area contributed by atoms with E-state index in [-0.39, 0.29) is 0 Å². The van der Waals surface area contributed by atoms with Crippen molar-refractivity contribution >= 4 is 6.29 Å². The maximum Gasteiger partial charge on any atom is 0.120 e. The number of hydrogen-bond acceptors (Lipinski definition) is 1. The highest BCUT2D eigenvalue weighted by atomic mass is 16.1. The molecule has 1 nitrogen and oxygen atoms in total. The number of terminal acetylenes is 1. The van der Waals surface area contributed by atoms with Gasteiger partial charge < -0.3 is 4.79 Å². The third-order valence-corrected chi connectivity index (χ3v) is 1.14. The van der Waals surface area contributed by atoms with Crippen LogP contribution in [-0.2, 0) is 4.79 Å². The van der Waals surface area contributed by atoms with Crippen molar-refractivity contribution < 1.29 is 4.79 Å². The minimum Gasteiger partial charge on any atom is -0.303 e. The molecule has 0 aromatic heterocycles. The lowest BCUT2D eigenvalue weighted by Crippen LogP contribution is -1.72. The van der Waals surface area contributed by atoms with E-state index in [2.05, 4.69) is 17.8 Å². The summed E-state index contributed by atoms with van der Waals surface area (Å²) in [7, 11) is 0. The van der Waals surface area contributed by atoms with Gasteiger partial charge in [0.25, 0.3) is 0 Å². The first-order chi connectivity index (χ1) is 5.41. The molecular formula is C10H12O. The van der Waals surface area contributed by atoms with Gasteiger partial charge in [0, 0.05) is 25.7 Å². The number of aldehydes is 1. The van der Waals surface area contributed by atoms with Gasteiger partial charge in [-0.2, -0.15) is 0 Å². The van der Waals surface area contributed by atoms with E-state index in [0.29, 0.717) is 12.8 Å². The molecule has 1 heteroatoms. The van der Waals surface area contributed by atoms with Crippen molar-refractivity contribution in [3.8, 4) is 24.2 Å². The summed E-state index contributed by atoms with van der Waals surface area (Å²) in [5, 5.41) is 0. The fourth-order valence-electron chi connectivity index (χ4n) is 0.587. The highest BCUT2D eigenvalue weighted by Crippen LogP contribution is 1.91. The van der Waals surface area contributed by atoms with E-state index in [0.717, 1.165) is 25.5 Å². The fourth-order valence-corrected chi connectivity index (χ4v) is 0.587. The molecule has 0 unspecified atom stereocenters. The smallest absolute Gasteiger partial charge is 0.120 e. The summed E-state index contributed by atoms with van der Waals surface area (Å²) in [5.74, 6) is 8.39. The number of carbonyl (C=O) groups excluding carboxylic acids is 1. The van der Waals surface area contributed by atoms with E-state index < -0.39 is 0 Å². The normalized spacial score (nSPS) is 7.55. The average molecular weight is 148 g/mol. The van der Waals surface area contributed by atoms with Gasteiger partial charge in [-0.05, 0) is 6.42 Å². The molecule has 0 aliphatic rings. The standard InChI is InChI=1S/C10H12O/c1-2-3-4-5-6-7-8-9-10-11/h1,10H,3-5,8-9H2. The Labute approximate surface area is 68.2 Å². The summed E-state index contributed by atoms with van der Waals surface area (Å²) in [5.41, 5.74) is 0. The molecule has 0 amide bonds. The predicted octanol–water partition coefficient (Wildman–Crippen LogP) is 1.77. The van der Waals surface area contributed by atoms with Gasteiger partial charge in [-0.1, -0.05) is 0 Å². The first-order valence-corrected chi connectivity index (χ1v) is 3.74. The van der Waals surface area contributed by atoms with Gasteiger partial charge in [0.05, 0.1) is 0 Å². The van der Waals surface area contributed by atoms with Crippen molar-refractivity contribution in [3.05, 3.63) is 0 Å². The van der Waals surface area contributed by atoms with Crippen LogP contribution in [0.4, 0.5) is 0 Å². The molecule has 0 bridgehead atoms. The lowest BCUT2D eigenvalue weighted by Gasteiger charge is -1.83. The molecule has 0 atom stereocenters. The highest BCUT2D eigenvalue weighted by molar-refractivity contribution is 5.49. The number of unbranched alkanes of at least 4 members (excludes halogenated alkanes) is 3. The minimum atomic E-state index is 0.544. The topological polar surface area (TPSA) is 17.1 Å². The molecule has 0 radical (unpaired) electrons. The largest absolute Gasteiger partial charge is 0.303 e. The maximum atomic E-state index is 9.85. The Balaban J connectivity index is 3.13. The van der Waals surface area contributed by atoms with Gasteiger partial charge in [0.1, 0.15) is 6.29 Å². The molecule has 0 aromatic carbocycles. The molecule has 0 aromatic rings. The molecule has 11 heavy (non-hydrogen) atoms. The minimum absolute atomic E-state index is 0.544. The van der Waals surface area contributed by atoms with Crippen LogP contribution in [0.5, 0.6) is 0 Å². The van der Waals surface area contributed by atoms with Crippen molar-refractivity contribution in [3.63, 3.8) is 0 Å². The molecular weight excluding hydrogens is 136 g/mol. The second-order valence-corrected chi connectivity index (χ2v) is 2.12. The number of carbonyl (C=O) groups is 1. The maximum absolute atomic E-state index is 9.85. The quantitative estimate of drug-likeness (QED) is 0.337. The van der Waals surface area contributed by atoms with Gasteiger partial charge in [0.2, 0.25) is 0 Å². The van der Waals surface area contributed by atoms with E-state index in [1.165, 1.54) is 0 Å². The summed E-state index contributed by atoms with van der Waals surface area (Å²) in [6.45, 7) is 0. The van der Waals surface area contributed by atoms with Crippen LogP contribution in [0.1, 0.15) is 32.1 Å². The zero-order valence-electron chi connectivity index (χ0n) is 6.60. The molecule has 0 N–H and O–H groups in total. The third-order valence-electron chi connectivity index (χ3n) is 1.14. The monoisotopic (exact) mass is 148 g/mol. The van der Waals surface area contributed by atoms with Gasteiger partial charge in [0.15, 0.2) is 0 Å². The molecule has 58 valence electrons. The number of hydrogen-bond donors (Lipinski definition) is 0. The second kappa shape index (κ2) is 8.79. The van der Waals surface area contributed by atoms with Crippen LogP contribution in [0.25, 0.3) is 0 Å². The summed E-state index contributed by atoms with van der Waals surface area (Å²) in [4.78, 5) is 9.85. The van der Waals surface area contributed by atoms with E-state index in [1.807, 2.05) is 0 Å². The van der Waals surface area contributed by atoms with E-state index in [4.69, 9.17) is 6.42 Å². The highest BCUT2D eigenvalue weighted by Gasteiger charge is 1.78. The Morgan fingerprint density at radius 2 is 1.91 bits per heavy atom. The predicted molar refractivity (Wildman–Crippen MR) is 45.8 cm³/mol. The van der Waals surface area contributed by atoms with Crippen molar-refractivity contribution in [1.29, 1.82) is 0 Å². The summed E-state index contributed by atoms with van der Waals surface area (Å²) < 4.78 is 0. The first-order valence-electron chi connectivity index (χ1n) is 3.74. The Kier molecular flexibility index (Phi) is 7.82. The van der Waals surface area contributed by atoms with Crippen LogP contribution < -0.4 is 0 Å². The van der Waals surface area contributed by atoms with Crippen LogP contribution in [-0.4, -0.2) is 6.29 Å². The molecule has 0 saturated heterocycles. The zero-order valence-corrected chi connectivity index (χ0v) is 6.60. The van der Waals surface area contributed by atoms with E-state index >= 15 is 0 Å². The molecule has 0 saturated carbocycles. The molecule has 0 fully saturated rings. The summed E-state index contributed by atoms with van der Waals surface area (Å²) in [6, 6.07) is 0. The second-order valence-electron chi connectivity index (χ2n) is 2.12. The summed E-state index contributed by atoms with van der Waals surface area (Å²) in [6.07, 6.45) is 9.76. The first kappa shape index (κ1) is 9.79. The molecule has 0 rings (SSSR count). The van der Waals surface area contributed by atoms with Crippen LogP contribution >= 0.6 is 0 Å². The van der Waals surface area contributed by atoms with Gasteiger partial charge in [-0.3, -0.25) is 0 Å².